The lowest BCUT2D eigenvalue weighted by Gasteiger charge is -2.12. The summed E-state index contributed by atoms with van der Waals surface area (Å²) in [5.41, 5.74) is -1.35. The van der Waals surface area contributed by atoms with Crippen LogP contribution < -0.4 is 4.89 Å². The number of carbonyl (C=O) groups is 2. The summed E-state index contributed by atoms with van der Waals surface area (Å²) in [6.07, 6.45) is -0.879. The maximum absolute atomic E-state index is 10.6. The highest BCUT2D eigenvalue weighted by molar-refractivity contribution is 7.68. The Bertz CT molecular complexity index is 242. The van der Waals surface area contributed by atoms with Gasteiger partial charge in [-0.1, -0.05) is 0 Å². The lowest BCUT2D eigenvalue weighted by Crippen LogP contribution is -2.13. The van der Waals surface area contributed by atoms with Gasteiger partial charge in [-0.05, 0) is 6.92 Å². The molecule has 0 radical (unpaired) electrons. The monoisotopic (exact) mass is 209 g/mol. The third-order valence-electron chi connectivity index (χ3n) is 1.16. The lowest BCUT2D eigenvalue weighted by molar-refractivity contribution is -0.195. The fourth-order valence-electron chi connectivity index (χ4n) is 0.583. The first kappa shape index (κ1) is 12.3. The maximum Gasteiger partial charge on any atom is 0.306 e. The standard InChI is InChI=1S/C6H11O6P/c1-2-12-5(7)3-4-6(8)13(9,10)11/h2-4H2,1H3,(H2,9,10,11)/p-1. The highest BCUT2D eigenvalue weighted by Crippen LogP contribution is 2.31. The Morgan fingerprint density at radius 1 is 1.46 bits per heavy atom. The number of carbonyl (C=O) groups excluding carboxylic acids is 2. The summed E-state index contributed by atoms with van der Waals surface area (Å²) in [4.78, 5) is 39.6. The molecule has 76 valence electrons. The Labute approximate surface area is 75.1 Å². The van der Waals surface area contributed by atoms with E-state index in [-0.39, 0.29) is 13.0 Å². The van der Waals surface area contributed by atoms with Crippen molar-refractivity contribution in [2.75, 3.05) is 6.61 Å². The SMILES string of the molecule is CCOC(=O)CCC(=O)P(=O)([O-])O. The molecule has 1 N–H and O–H groups in total. The van der Waals surface area contributed by atoms with Crippen LogP contribution in [0.2, 0.25) is 0 Å². The molecular weight excluding hydrogens is 199 g/mol. The molecule has 0 rings (SSSR count). The minimum atomic E-state index is -4.93. The van der Waals surface area contributed by atoms with Crippen LogP contribution in [0.3, 0.4) is 0 Å². The van der Waals surface area contributed by atoms with Gasteiger partial charge in [-0.25, -0.2) is 0 Å². The molecular formula is C6H10O6P-. The van der Waals surface area contributed by atoms with Crippen LogP contribution in [0.15, 0.2) is 0 Å². The van der Waals surface area contributed by atoms with Crippen molar-refractivity contribution in [3.8, 4) is 0 Å². The first-order chi connectivity index (χ1) is 5.88. The van der Waals surface area contributed by atoms with Crippen LogP contribution in [-0.2, 0) is 18.9 Å². The molecule has 0 aromatic heterocycles. The van der Waals surface area contributed by atoms with Gasteiger partial charge in [0, 0.05) is 6.42 Å². The van der Waals surface area contributed by atoms with Gasteiger partial charge in [0.1, 0.15) is 0 Å². The van der Waals surface area contributed by atoms with E-state index in [4.69, 9.17) is 4.89 Å². The van der Waals surface area contributed by atoms with Crippen molar-refractivity contribution in [2.24, 2.45) is 0 Å². The van der Waals surface area contributed by atoms with Gasteiger partial charge < -0.3 is 19.1 Å². The number of rotatable bonds is 5. The van der Waals surface area contributed by atoms with E-state index in [2.05, 4.69) is 4.74 Å². The van der Waals surface area contributed by atoms with Gasteiger partial charge in [-0.2, -0.15) is 0 Å². The Morgan fingerprint density at radius 3 is 2.38 bits per heavy atom. The van der Waals surface area contributed by atoms with Crippen molar-refractivity contribution in [1.82, 2.24) is 0 Å². The molecule has 0 bridgehead atoms. The van der Waals surface area contributed by atoms with Crippen LogP contribution >= 0.6 is 7.60 Å². The van der Waals surface area contributed by atoms with Crippen LogP contribution in [0.1, 0.15) is 19.8 Å². The minimum Gasteiger partial charge on any atom is -0.773 e. The summed E-state index contributed by atoms with van der Waals surface area (Å²) in [7, 11) is -4.93. The minimum absolute atomic E-state index is 0.168. The van der Waals surface area contributed by atoms with Crippen LogP contribution in [0.4, 0.5) is 0 Å². The van der Waals surface area contributed by atoms with Gasteiger partial charge in [0.15, 0.2) is 7.60 Å². The molecule has 1 unspecified atom stereocenters. The molecule has 0 saturated carbocycles. The fraction of sp³-hybridized carbons (Fsp3) is 0.667. The van der Waals surface area contributed by atoms with Gasteiger partial charge in [0.25, 0.3) is 0 Å². The maximum atomic E-state index is 10.6. The van der Waals surface area contributed by atoms with Crippen molar-refractivity contribution < 1.29 is 28.7 Å². The largest absolute Gasteiger partial charge is 0.773 e. The number of hydrogen-bond donors (Lipinski definition) is 1. The van der Waals surface area contributed by atoms with E-state index in [0.717, 1.165) is 0 Å². The zero-order chi connectivity index (χ0) is 10.5. The average Bonchev–Trinajstić information content (AvgIpc) is 1.99. The first-order valence-corrected chi connectivity index (χ1v) is 5.18. The van der Waals surface area contributed by atoms with Crippen LogP contribution in [-0.4, -0.2) is 23.0 Å². The van der Waals surface area contributed by atoms with Gasteiger partial charge in [0.05, 0.1) is 13.0 Å². The van der Waals surface area contributed by atoms with Gasteiger partial charge in [-0.3, -0.25) is 9.59 Å². The quantitative estimate of drug-likeness (QED) is 0.479. The summed E-state index contributed by atoms with van der Waals surface area (Å²) in [6.45, 7) is 1.76. The molecule has 0 heterocycles. The molecule has 0 aromatic carbocycles. The summed E-state index contributed by atoms with van der Waals surface area (Å²) >= 11 is 0. The molecule has 0 amide bonds. The smallest absolute Gasteiger partial charge is 0.306 e. The van der Waals surface area contributed by atoms with E-state index in [9.17, 15) is 19.0 Å². The molecule has 0 aliphatic rings. The second-order valence-electron chi connectivity index (χ2n) is 2.22. The van der Waals surface area contributed by atoms with Crippen molar-refractivity contribution in [1.29, 1.82) is 0 Å². The molecule has 0 aromatic rings. The molecule has 6 nitrogen and oxygen atoms in total. The molecule has 0 spiro atoms. The summed E-state index contributed by atoms with van der Waals surface area (Å²) < 4.78 is 14.6. The molecule has 0 fully saturated rings. The molecule has 0 saturated heterocycles. The van der Waals surface area contributed by atoms with E-state index in [1.165, 1.54) is 0 Å². The normalized spacial score (nSPS) is 14.7. The van der Waals surface area contributed by atoms with Crippen molar-refractivity contribution >= 4 is 19.1 Å². The second-order valence-corrected chi connectivity index (χ2v) is 3.76. The van der Waals surface area contributed by atoms with E-state index >= 15 is 0 Å². The molecule has 7 heteroatoms. The van der Waals surface area contributed by atoms with E-state index in [1.54, 1.807) is 6.92 Å². The van der Waals surface area contributed by atoms with Gasteiger partial charge >= 0.3 is 5.97 Å². The molecule has 1 atom stereocenters. The topological polar surface area (TPSA) is 104 Å². The number of ether oxygens (including phenoxy) is 1. The Morgan fingerprint density at radius 2 is 2.00 bits per heavy atom. The summed E-state index contributed by atoms with van der Waals surface area (Å²) in [5.74, 6) is -0.663. The van der Waals surface area contributed by atoms with Crippen LogP contribution in [0, 0.1) is 0 Å². The lowest BCUT2D eigenvalue weighted by atomic mass is 10.3. The first-order valence-electron chi connectivity index (χ1n) is 3.60. The zero-order valence-corrected chi connectivity index (χ0v) is 7.95. The number of hydrogen-bond acceptors (Lipinski definition) is 5. The molecule has 0 aliphatic heterocycles. The van der Waals surface area contributed by atoms with Crippen LogP contribution in [0.5, 0.6) is 0 Å². The zero-order valence-electron chi connectivity index (χ0n) is 7.06. The predicted octanol–water partition coefficient (Wildman–Crippen LogP) is -0.598. The highest BCUT2D eigenvalue weighted by atomic mass is 31.2. The Hall–Kier alpha value is -0.710. The van der Waals surface area contributed by atoms with Gasteiger partial charge in [-0.15, -0.1) is 0 Å². The molecule has 0 aliphatic carbocycles. The van der Waals surface area contributed by atoms with Crippen molar-refractivity contribution in [3.63, 3.8) is 0 Å². The van der Waals surface area contributed by atoms with E-state index in [0.29, 0.717) is 0 Å². The van der Waals surface area contributed by atoms with Crippen molar-refractivity contribution in [2.45, 2.75) is 19.8 Å². The highest BCUT2D eigenvalue weighted by Gasteiger charge is 2.16. The van der Waals surface area contributed by atoms with Gasteiger partial charge in [0.2, 0.25) is 5.52 Å². The molecule has 13 heavy (non-hydrogen) atoms. The van der Waals surface area contributed by atoms with E-state index in [1.807, 2.05) is 0 Å². The summed E-state index contributed by atoms with van der Waals surface area (Å²) in [6, 6.07) is 0. The van der Waals surface area contributed by atoms with Crippen LogP contribution in [0.25, 0.3) is 0 Å². The Balaban J connectivity index is 3.84. The average molecular weight is 209 g/mol. The third-order valence-corrected chi connectivity index (χ3v) is 2.02. The van der Waals surface area contributed by atoms with E-state index < -0.39 is 25.5 Å². The van der Waals surface area contributed by atoms with Crippen molar-refractivity contribution in [3.05, 3.63) is 0 Å². The predicted molar refractivity (Wildman–Crippen MR) is 40.7 cm³/mol. The fourth-order valence-corrected chi connectivity index (χ4v) is 0.978. The Kier molecular flexibility index (Phi) is 4.83. The third kappa shape index (κ3) is 5.52. The second kappa shape index (κ2) is 5.11. The number of esters is 1. The summed E-state index contributed by atoms with van der Waals surface area (Å²) in [5, 5.41) is 0.